The normalized spacial score (nSPS) is 10.5. The number of rotatable bonds is 10. The average Bonchev–Trinajstić information content (AvgIpc) is 3.49. The molecule has 0 spiro atoms. The second kappa shape index (κ2) is 11.5. The zero-order valence-corrected chi connectivity index (χ0v) is 22.3. The molecule has 16 heteroatoms. The van der Waals surface area contributed by atoms with Crippen molar-refractivity contribution in [2.24, 2.45) is 26.9 Å². The molecule has 200 valence electrons. The van der Waals surface area contributed by atoms with Gasteiger partial charge in [0.05, 0.1) is 16.0 Å². The first-order chi connectivity index (χ1) is 17.8. The molecular weight excluding hydrogens is 562 g/mol. The van der Waals surface area contributed by atoms with Crippen molar-refractivity contribution in [1.29, 1.82) is 5.41 Å². The SMILES string of the molecule is C=C(Br)C(=O)Nc1cc(C(=O)Nc2cc(C(=O)Nc3cc(C(=O)NCCC(=N)N)n(C)n3)n(C)c2)n(C)n1. The molecule has 0 bridgehead atoms. The van der Waals surface area contributed by atoms with E-state index in [2.05, 4.69) is 54.0 Å². The van der Waals surface area contributed by atoms with Gasteiger partial charge in [-0.25, -0.2) is 0 Å². The van der Waals surface area contributed by atoms with E-state index in [1.165, 1.54) is 32.1 Å². The molecule has 0 saturated heterocycles. The van der Waals surface area contributed by atoms with E-state index in [-0.39, 0.29) is 52.0 Å². The number of nitrogens with two attached hydrogens (primary N) is 1. The molecule has 0 aliphatic rings. The first kappa shape index (κ1) is 27.9. The van der Waals surface area contributed by atoms with Gasteiger partial charge in [0.15, 0.2) is 11.6 Å². The number of nitrogens with one attached hydrogen (secondary N) is 5. The quantitative estimate of drug-likeness (QED) is 0.114. The number of anilines is 3. The van der Waals surface area contributed by atoms with Gasteiger partial charge in [0.1, 0.15) is 17.1 Å². The Bertz CT molecular complexity index is 1450. The summed E-state index contributed by atoms with van der Waals surface area (Å²) in [5.41, 5.74) is 6.21. The molecule has 3 aromatic rings. The number of amides is 4. The number of carbonyl (C=O) groups is 4. The second-order valence-corrected chi connectivity index (χ2v) is 9.06. The third-order valence-electron chi connectivity index (χ3n) is 5.13. The smallest absolute Gasteiger partial charge is 0.274 e. The van der Waals surface area contributed by atoms with Crippen molar-refractivity contribution in [3.05, 3.63) is 52.5 Å². The fourth-order valence-corrected chi connectivity index (χ4v) is 3.40. The molecule has 15 nitrogen and oxygen atoms in total. The molecule has 0 aliphatic heterocycles. The molecule has 0 saturated carbocycles. The Labute approximate surface area is 225 Å². The summed E-state index contributed by atoms with van der Waals surface area (Å²) in [6.45, 7) is 3.67. The minimum atomic E-state index is -0.518. The van der Waals surface area contributed by atoms with E-state index in [0.717, 1.165) is 0 Å². The monoisotopic (exact) mass is 587 g/mol. The van der Waals surface area contributed by atoms with Crippen LogP contribution in [0.3, 0.4) is 0 Å². The zero-order valence-electron chi connectivity index (χ0n) is 20.8. The fourth-order valence-electron chi connectivity index (χ4n) is 3.30. The van der Waals surface area contributed by atoms with Gasteiger partial charge in [-0.1, -0.05) is 6.58 Å². The summed E-state index contributed by atoms with van der Waals surface area (Å²) in [6, 6.07) is 4.28. The number of aryl methyl sites for hydroxylation is 3. The number of hydrogen-bond acceptors (Lipinski definition) is 7. The van der Waals surface area contributed by atoms with Crippen LogP contribution in [0.25, 0.3) is 0 Å². The zero-order chi connectivity index (χ0) is 28.1. The first-order valence-electron chi connectivity index (χ1n) is 11.0. The summed E-state index contributed by atoms with van der Waals surface area (Å²) >= 11 is 2.97. The Morgan fingerprint density at radius 2 is 1.47 bits per heavy atom. The van der Waals surface area contributed by atoms with Gasteiger partial charge in [0.25, 0.3) is 23.6 Å². The Morgan fingerprint density at radius 1 is 0.921 bits per heavy atom. The van der Waals surface area contributed by atoms with Crippen molar-refractivity contribution < 1.29 is 19.2 Å². The van der Waals surface area contributed by atoms with Crippen molar-refractivity contribution in [2.45, 2.75) is 6.42 Å². The summed E-state index contributed by atoms with van der Waals surface area (Å²) in [5.74, 6) is -1.69. The minimum absolute atomic E-state index is 0.0446. The molecule has 0 aliphatic carbocycles. The lowest BCUT2D eigenvalue weighted by Crippen LogP contribution is -2.29. The highest BCUT2D eigenvalue weighted by molar-refractivity contribution is 9.12. The van der Waals surface area contributed by atoms with Crippen molar-refractivity contribution in [1.82, 2.24) is 29.4 Å². The topological polar surface area (TPSA) is 207 Å². The van der Waals surface area contributed by atoms with E-state index < -0.39 is 23.6 Å². The predicted octanol–water partition coefficient (Wildman–Crippen LogP) is 0.900. The number of carbonyl (C=O) groups excluding carboxylic acids is 4. The van der Waals surface area contributed by atoms with E-state index in [1.807, 2.05) is 0 Å². The molecule has 3 rings (SSSR count). The van der Waals surface area contributed by atoms with Crippen molar-refractivity contribution >= 4 is 62.7 Å². The molecular formula is C22H26BrN11O4. The van der Waals surface area contributed by atoms with Crippen LogP contribution in [0, 0.1) is 5.41 Å². The second-order valence-electron chi connectivity index (χ2n) is 8.10. The Morgan fingerprint density at radius 3 is 2.05 bits per heavy atom. The van der Waals surface area contributed by atoms with Gasteiger partial charge < -0.3 is 31.6 Å². The summed E-state index contributed by atoms with van der Waals surface area (Å²) in [6.07, 6.45) is 1.76. The number of nitrogens with zero attached hydrogens (tertiary/aromatic N) is 5. The molecule has 0 aromatic carbocycles. The van der Waals surface area contributed by atoms with Gasteiger partial charge in [-0.3, -0.25) is 34.0 Å². The highest BCUT2D eigenvalue weighted by Crippen LogP contribution is 2.18. The van der Waals surface area contributed by atoms with Gasteiger partial charge >= 0.3 is 0 Å². The van der Waals surface area contributed by atoms with E-state index in [4.69, 9.17) is 11.1 Å². The summed E-state index contributed by atoms with van der Waals surface area (Å²) in [7, 11) is 4.72. The van der Waals surface area contributed by atoms with Crippen LogP contribution < -0.4 is 27.0 Å². The van der Waals surface area contributed by atoms with Crippen LogP contribution in [-0.2, 0) is 25.9 Å². The molecule has 4 amide bonds. The lowest BCUT2D eigenvalue weighted by Gasteiger charge is -2.03. The number of hydrogen-bond donors (Lipinski definition) is 6. The lowest BCUT2D eigenvalue weighted by atomic mass is 10.3. The highest BCUT2D eigenvalue weighted by Gasteiger charge is 2.20. The highest BCUT2D eigenvalue weighted by atomic mass is 79.9. The van der Waals surface area contributed by atoms with Crippen molar-refractivity contribution in [3.63, 3.8) is 0 Å². The van der Waals surface area contributed by atoms with Crippen molar-refractivity contribution in [3.8, 4) is 0 Å². The van der Waals surface area contributed by atoms with Gasteiger partial charge in [0, 0.05) is 52.4 Å². The van der Waals surface area contributed by atoms with E-state index in [1.54, 1.807) is 27.3 Å². The van der Waals surface area contributed by atoms with Crippen LogP contribution in [-0.4, -0.2) is 60.1 Å². The number of aromatic nitrogens is 5. The van der Waals surface area contributed by atoms with Crippen LogP contribution in [0.4, 0.5) is 17.3 Å². The van der Waals surface area contributed by atoms with Crippen LogP contribution >= 0.6 is 15.9 Å². The van der Waals surface area contributed by atoms with Gasteiger partial charge in [0.2, 0.25) is 0 Å². The molecule has 38 heavy (non-hydrogen) atoms. The summed E-state index contributed by atoms with van der Waals surface area (Å²) in [4.78, 5) is 49.7. The third-order valence-corrected chi connectivity index (χ3v) is 5.49. The summed E-state index contributed by atoms with van der Waals surface area (Å²) < 4.78 is 4.24. The molecule has 3 aromatic heterocycles. The van der Waals surface area contributed by atoms with Crippen LogP contribution in [0.2, 0.25) is 0 Å². The average molecular weight is 588 g/mol. The molecule has 0 fully saturated rings. The van der Waals surface area contributed by atoms with Crippen molar-refractivity contribution in [2.75, 3.05) is 22.5 Å². The van der Waals surface area contributed by atoms with Crippen LogP contribution in [0.1, 0.15) is 37.9 Å². The Hall–Kier alpha value is -4.73. The van der Waals surface area contributed by atoms with Gasteiger partial charge in [-0.2, -0.15) is 10.2 Å². The molecule has 0 radical (unpaired) electrons. The largest absolute Gasteiger partial charge is 0.388 e. The fraction of sp³-hybridized carbons (Fsp3) is 0.227. The third kappa shape index (κ3) is 6.73. The molecule has 3 heterocycles. The van der Waals surface area contributed by atoms with E-state index in [9.17, 15) is 19.2 Å². The van der Waals surface area contributed by atoms with E-state index in [0.29, 0.717) is 5.69 Å². The summed E-state index contributed by atoms with van der Waals surface area (Å²) in [5, 5.41) is 25.9. The van der Waals surface area contributed by atoms with Gasteiger partial charge in [-0.05, 0) is 22.0 Å². The molecule has 0 atom stereocenters. The first-order valence-corrected chi connectivity index (χ1v) is 11.8. The maximum Gasteiger partial charge on any atom is 0.274 e. The van der Waals surface area contributed by atoms with Crippen LogP contribution in [0.15, 0.2) is 35.5 Å². The van der Waals surface area contributed by atoms with Gasteiger partial charge in [-0.15, -0.1) is 0 Å². The standard InChI is InChI=1S/C22H26BrN11O4/c1-11(23)19(35)28-17-9-15(34(4)30-17)22(38)27-12-7-13(32(2)10-12)21(37)29-18-8-14(33(3)31-18)20(36)26-6-5-16(24)25/h7-10H,1,5-6H2,2-4H3,(H3,24,25)(H,26,36)(H,27,38)(H,28,30,35)(H,29,31,37). The van der Waals surface area contributed by atoms with E-state index >= 15 is 0 Å². The molecule has 0 unspecified atom stereocenters. The number of amidine groups is 1. The maximum absolute atomic E-state index is 12.9. The Kier molecular flexibility index (Phi) is 8.46. The molecule has 7 N–H and O–H groups in total. The lowest BCUT2D eigenvalue weighted by molar-refractivity contribution is -0.112. The Balaban J connectivity index is 1.66. The maximum atomic E-state index is 12.9. The number of halogens is 1. The van der Waals surface area contributed by atoms with Crippen LogP contribution in [0.5, 0.6) is 0 Å². The predicted molar refractivity (Wildman–Crippen MR) is 143 cm³/mol. The minimum Gasteiger partial charge on any atom is -0.388 e.